The van der Waals surface area contributed by atoms with Crippen LogP contribution >= 0.6 is 27.5 Å². The van der Waals surface area contributed by atoms with Crippen molar-refractivity contribution in [2.75, 3.05) is 5.88 Å². The lowest BCUT2D eigenvalue weighted by Gasteiger charge is -2.15. The van der Waals surface area contributed by atoms with Gasteiger partial charge in [0.05, 0.1) is 27.8 Å². The van der Waals surface area contributed by atoms with Gasteiger partial charge >= 0.3 is 0 Å². The topological polar surface area (TPSA) is 31.0 Å². The molecule has 0 N–H and O–H groups in total. The second kappa shape index (κ2) is 5.81. The molecule has 21 heavy (non-hydrogen) atoms. The van der Waals surface area contributed by atoms with Crippen molar-refractivity contribution in [1.82, 2.24) is 9.55 Å². The van der Waals surface area contributed by atoms with Crippen molar-refractivity contribution >= 4 is 38.6 Å². The van der Waals surface area contributed by atoms with Gasteiger partial charge in [0.15, 0.2) is 0 Å². The molecule has 0 bridgehead atoms. The Bertz CT molecular complexity index is 770. The molecule has 3 aromatic rings. The molecular weight excluding hydrogens is 359 g/mol. The van der Waals surface area contributed by atoms with Gasteiger partial charge in [-0.15, -0.1) is 11.6 Å². The van der Waals surface area contributed by atoms with Crippen molar-refractivity contribution in [3.05, 3.63) is 52.4 Å². The van der Waals surface area contributed by atoms with E-state index in [0.717, 1.165) is 17.1 Å². The van der Waals surface area contributed by atoms with Crippen LogP contribution in [-0.2, 0) is 6.42 Å². The maximum atomic E-state index is 13.7. The number of aromatic nitrogens is 2. The average molecular weight is 372 g/mol. The van der Waals surface area contributed by atoms with Crippen LogP contribution in [-0.4, -0.2) is 15.4 Å². The second-order valence-corrected chi connectivity index (χ2v) is 6.02. The van der Waals surface area contributed by atoms with E-state index in [0.29, 0.717) is 22.3 Å². The van der Waals surface area contributed by atoms with Gasteiger partial charge in [-0.05, 0) is 41.1 Å². The van der Waals surface area contributed by atoms with Crippen LogP contribution in [0.25, 0.3) is 11.0 Å². The number of halogens is 3. The van der Waals surface area contributed by atoms with Crippen molar-refractivity contribution < 1.29 is 8.81 Å². The third-order valence-corrected chi connectivity index (χ3v) is 4.26. The smallest absolute Gasteiger partial charge is 0.139 e. The summed E-state index contributed by atoms with van der Waals surface area (Å²) in [5.41, 5.74) is 1.47. The molecule has 0 aliphatic rings. The molecular formula is C15H13BrClFN2O. The summed E-state index contributed by atoms with van der Waals surface area (Å²) in [6.45, 7) is 2.02. The molecule has 2 heterocycles. The van der Waals surface area contributed by atoms with Gasteiger partial charge in [0.25, 0.3) is 0 Å². The molecule has 2 aromatic heterocycles. The van der Waals surface area contributed by atoms with Crippen LogP contribution in [0.4, 0.5) is 4.39 Å². The highest BCUT2D eigenvalue weighted by Crippen LogP contribution is 2.30. The SMILES string of the molecule is CC(c1ccco1)n1c(CCCl)nc2cc(F)c(Br)cc21. The fourth-order valence-corrected chi connectivity index (χ4v) is 2.99. The molecule has 110 valence electrons. The van der Waals surface area contributed by atoms with Crippen molar-refractivity contribution in [1.29, 1.82) is 0 Å². The maximum Gasteiger partial charge on any atom is 0.139 e. The molecule has 1 atom stereocenters. The lowest BCUT2D eigenvalue weighted by atomic mass is 10.2. The fraction of sp³-hybridized carbons (Fsp3) is 0.267. The van der Waals surface area contributed by atoms with E-state index in [9.17, 15) is 4.39 Å². The minimum atomic E-state index is -0.324. The summed E-state index contributed by atoms with van der Waals surface area (Å²) in [6, 6.07) is 6.90. The van der Waals surface area contributed by atoms with Gasteiger partial charge in [-0.25, -0.2) is 9.37 Å². The van der Waals surface area contributed by atoms with E-state index in [1.807, 2.05) is 23.6 Å². The van der Waals surface area contributed by atoms with Crippen LogP contribution < -0.4 is 0 Å². The van der Waals surface area contributed by atoms with Crippen molar-refractivity contribution in [2.24, 2.45) is 0 Å². The normalized spacial score (nSPS) is 13.0. The molecule has 0 aliphatic carbocycles. The zero-order valence-electron chi connectivity index (χ0n) is 11.3. The minimum absolute atomic E-state index is 0.0411. The summed E-state index contributed by atoms with van der Waals surface area (Å²) in [5, 5.41) is 0. The van der Waals surface area contributed by atoms with E-state index in [1.165, 1.54) is 6.07 Å². The summed E-state index contributed by atoms with van der Waals surface area (Å²) in [7, 11) is 0. The predicted octanol–water partition coefficient (Wildman–Crippen LogP) is 4.92. The molecule has 0 saturated carbocycles. The molecule has 3 rings (SSSR count). The summed E-state index contributed by atoms with van der Waals surface area (Å²) in [5.74, 6) is 1.78. The number of alkyl halides is 1. The highest BCUT2D eigenvalue weighted by molar-refractivity contribution is 9.10. The molecule has 6 heteroatoms. The Morgan fingerprint density at radius 3 is 2.95 bits per heavy atom. The fourth-order valence-electron chi connectivity index (χ4n) is 2.49. The van der Waals surface area contributed by atoms with Crippen LogP contribution in [0, 0.1) is 5.82 Å². The number of nitrogens with zero attached hydrogens (tertiary/aromatic N) is 2. The summed E-state index contributed by atoms with van der Waals surface area (Å²) < 4.78 is 21.7. The van der Waals surface area contributed by atoms with E-state index in [-0.39, 0.29) is 11.9 Å². The predicted molar refractivity (Wildman–Crippen MR) is 84.3 cm³/mol. The molecule has 1 aromatic carbocycles. The van der Waals surface area contributed by atoms with Crippen LogP contribution in [0.2, 0.25) is 0 Å². The third kappa shape index (κ3) is 2.60. The number of imidazole rings is 1. The standard InChI is InChI=1S/C15H13BrClFN2O/c1-9(14-3-2-6-21-14)20-13-7-10(16)11(18)8-12(13)19-15(20)4-5-17/h2-3,6-9H,4-5H2,1H3. The molecule has 0 saturated heterocycles. The molecule has 0 radical (unpaired) electrons. The summed E-state index contributed by atoms with van der Waals surface area (Å²) >= 11 is 9.10. The minimum Gasteiger partial charge on any atom is -0.467 e. The first-order valence-electron chi connectivity index (χ1n) is 6.57. The lowest BCUT2D eigenvalue weighted by Crippen LogP contribution is -2.10. The molecule has 3 nitrogen and oxygen atoms in total. The largest absolute Gasteiger partial charge is 0.467 e. The van der Waals surface area contributed by atoms with Gasteiger partial charge < -0.3 is 8.98 Å². The zero-order chi connectivity index (χ0) is 15.0. The summed E-state index contributed by atoms with van der Waals surface area (Å²) in [4.78, 5) is 4.51. The molecule has 0 aliphatic heterocycles. The number of fused-ring (bicyclic) bond motifs is 1. The number of rotatable bonds is 4. The molecule has 1 unspecified atom stereocenters. The highest BCUT2D eigenvalue weighted by atomic mass is 79.9. The Morgan fingerprint density at radius 1 is 1.48 bits per heavy atom. The van der Waals surface area contributed by atoms with Crippen molar-refractivity contribution in [3.8, 4) is 0 Å². The van der Waals surface area contributed by atoms with E-state index in [4.69, 9.17) is 16.0 Å². The molecule has 0 amide bonds. The third-order valence-electron chi connectivity index (χ3n) is 3.46. The first-order valence-corrected chi connectivity index (χ1v) is 7.89. The Labute approximate surface area is 134 Å². The van der Waals surface area contributed by atoms with E-state index in [2.05, 4.69) is 20.9 Å². The van der Waals surface area contributed by atoms with Crippen LogP contribution in [0.1, 0.15) is 24.6 Å². The first-order chi connectivity index (χ1) is 10.1. The monoisotopic (exact) mass is 370 g/mol. The average Bonchev–Trinajstić information content (AvgIpc) is 3.07. The Balaban J connectivity index is 2.22. The Kier molecular flexibility index (Phi) is 4.04. The Morgan fingerprint density at radius 2 is 2.29 bits per heavy atom. The molecule has 0 fully saturated rings. The zero-order valence-corrected chi connectivity index (χ0v) is 13.7. The van der Waals surface area contributed by atoms with Gasteiger partial charge in [0, 0.05) is 18.4 Å². The van der Waals surface area contributed by atoms with E-state index < -0.39 is 0 Å². The van der Waals surface area contributed by atoms with Crippen molar-refractivity contribution in [3.63, 3.8) is 0 Å². The number of aryl methyl sites for hydroxylation is 1. The number of hydrogen-bond acceptors (Lipinski definition) is 2. The van der Waals surface area contributed by atoms with E-state index >= 15 is 0 Å². The quantitative estimate of drug-likeness (QED) is 0.609. The van der Waals surface area contributed by atoms with Crippen LogP contribution in [0.3, 0.4) is 0 Å². The van der Waals surface area contributed by atoms with Gasteiger partial charge in [-0.3, -0.25) is 0 Å². The maximum absolute atomic E-state index is 13.7. The Hall–Kier alpha value is -1.33. The van der Waals surface area contributed by atoms with Gasteiger partial charge in [-0.1, -0.05) is 0 Å². The number of benzene rings is 1. The first kappa shape index (κ1) is 14.6. The number of furan rings is 1. The van der Waals surface area contributed by atoms with Crippen LogP contribution in [0.5, 0.6) is 0 Å². The lowest BCUT2D eigenvalue weighted by molar-refractivity contribution is 0.445. The van der Waals surface area contributed by atoms with Gasteiger partial charge in [-0.2, -0.15) is 0 Å². The second-order valence-electron chi connectivity index (χ2n) is 4.78. The van der Waals surface area contributed by atoms with Gasteiger partial charge in [0.1, 0.15) is 17.4 Å². The van der Waals surface area contributed by atoms with Crippen LogP contribution in [0.15, 0.2) is 39.4 Å². The van der Waals surface area contributed by atoms with E-state index in [1.54, 1.807) is 12.3 Å². The highest BCUT2D eigenvalue weighted by Gasteiger charge is 2.20. The summed E-state index contributed by atoms with van der Waals surface area (Å²) in [6.07, 6.45) is 2.25. The van der Waals surface area contributed by atoms with Crippen molar-refractivity contribution in [2.45, 2.75) is 19.4 Å². The number of hydrogen-bond donors (Lipinski definition) is 0. The molecule has 0 spiro atoms. The van der Waals surface area contributed by atoms with Gasteiger partial charge in [0.2, 0.25) is 0 Å².